The zero-order chi connectivity index (χ0) is 12.0. The predicted molar refractivity (Wildman–Crippen MR) is 65.5 cm³/mol. The first kappa shape index (κ1) is 13.5. The molecular weight excluding hydrogens is 202 g/mol. The zero-order valence-electron chi connectivity index (χ0n) is 10.6. The summed E-state index contributed by atoms with van der Waals surface area (Å²) in [6, 6.07) is 0.688. The van der Waals surface area contributed by atoms with Gasteiger partial charge >= 0.3 is 5.97 Å². The van der Waals surface area contributed by atoms with Crippen LogP contribution in [0.1, 0.15) is 52.4 Å². The van der Waals surface area contributed by atoms with Gasteiger partial charge < -0.3 is 10.0 Å². The van der Waals surface area contributed by atoms with Crippen LogP contribution >= 0.6 is 0 Å². The van der Waals surface area contributed by atoms with Crippen molar-refractivity contribution in [2.45, 2.75) is 58.4 Å². The lowest BCUT2D eigenvalue weighted by Crippen LogP contribution is -2.43. The maximum atomic E-state index is 10.5. The van der Waals surface area contributed by atoms with E-state index >= 15 is 0 Å². The quantitative estimate of drug-likeness (QED) is 0.758. The molecule has 1 fully saturated rings. The molecule has 16 heavy (non-hydrogen) atoms. The Morgan fingerprint density at radius 2 is 2.25 bits per heavy atom. The van der Waals surface area contributed by atoms with Gasteiger partial charge in [0.05, 0.1) is 0 Å². The molecule has 1 heterocycles. The van der Waals surface area contributed by atoms with Crippen molar-refractivity contribution in [3.63, 3.8) is 0 Å². The molecule has 1 rings (SSSR count). The average molecular weight is 227 g/mol. The number of aliphatic carboxylic acids is 1. The Hall–Kier alpha value is -0.570. The molecule has 0 aromatic rings. The van der Waals surface area contributed by atoms with Gasteiger partial charge in [-0.25, -0.2) is 0 Å². The number of carboxylic acids is 1. The van der Waals surface area contributed by atoms with Crippen molar-refractivity contribution in [3.8, 4) is 0 Å². The van der Waals surface area contributed by atoms with Crippen molar-refractivity contribution in [2.75, 3.05) is 13.1 Å². The molecule has 0 aromatic carbocycles. The molecule has 0 aliphatic carbocycles. The van der Waals surface area contributed by atoms with E-state index in [0.29, 0.717) is 12.5 Å². The lowest BCUT2D eigenvalue weighted by Gasteiger charge is -2.39. The van der Waals surface area contributed by atoms with Gasteiger partial charge in [0.2, 0.25) is 0 Å². The summed E-state index contributed by atoms with van der Waals surface area (Å²) in [6.45, 7) is 6.69. The molecule has 1 aliphatic rings. The van der Waals surface area contributed by atoms with Crippen LogP contribution in [0.3, 0.4) is 0 Å². The van der Waals surface area contributed by atoms with Gasteiger partial charge in [-0.3, -0.25) is 4.79 Å². The van der Waals surface area contributed by atoms with Crippen molar-refractivity contribution in [2.24, 2.45) is 5.92 Å². The Morgan fingerprint density at radius 1 is 1.50 bits per heavy atom. The smallest absolute Gasteiger partial charge is 0.303 e. The third kappa shape index (κ3) is 4.12. The summed E-state index contributed by atoms with van der Waals surface area (Å²) < 4.78 is 0. The maximum Gasteiger partial charge on any atom is 0.303 e. The molecule has 0 bridgehead atoms. The molecular formula is C13H25NO2. The minimum Gasteiger partial charge on any atom is -0.481 e. The Balaban J connectivity index is 2.37. The Labute approximate surface area is 98.8 Å². The minimum absolute atomic E-state index is 0.309. The molecule has 3 heteroatoms. The Kier molecular flexibility index (Phi) is 5.81. The highest BCUT2D eigenvalue weighted by atomic mass is 16.4. The van der Waals surface area contributed by atoms with Crippen LogP contribution in [0.4, 0.5) is 0 Å². The fourth-order valence-electron chi connectivity index (χ4n) is 2.64. The van der Waals surface area contributed by atoms with Crippen LogP contribution in [-0.4, -0.2) is 35.1 Å². The summed E-state index contributed by atoms with van der Waals surface area (Å²) in [6.07, 6.45) is 6.23. The second kappa shape index (κ2) is 6.89. The number of hydrogen-bond donors (Lipinski definition) is 1. The Bertz CT molecular complexity index is 218. The van der Waals surface area contributed by atoms with E-state index in [-0.39, 0.29) is 0 Å². The van der Waals surface area contributed by atoms with Crippen molar-refractivity contribution >= 4 is 5.97 Å². The van der Waals surface area contributed by atoms with Gasteiger partial charge in [-0.15, -0.1) is 0 Å². The van der Waals surface area contributed by atoms with Crippen LogP contribution < -0.4 is 0 Å². The van der Waals surface area contributed by atoms with Crippen LogP contribution in [-0.2, 0) is 4.79 Å². The van der Waals surface area contributed by atoms with Crippen LogP contribution in [0.5, 0.6) is 0 Å². The zero-order valence-corrected chi connectivity index (χ0v) is 10.6. The van der Waals surface area contributed by atoms with Crippen LogP contribution in [0.15, 0.2) is 0 Å². The minimum atomic E-state index is -0.669. The highest BCUT2D eigenvalue weighted by Crippen LogP contribution is 2.25. The van der Waals surface area contributed by atoms with Crippen molar-refractivity contribution in [1.29, 1.82) is 0 Å². The normalized spacial score (nSPS) is 24.2. The first-order valence-electron chi connectivity index (χ1n) is 6.61. The number of likely N-dealkylation sites (tertiary alicyclic amines) is 1. The molecule has 0 spiro atoms. The molecule has 1 saturated heterocycles. The molecule has 0 aromatic heterocycles. The van der Waals surface area contributed by atoms with Crippen molar-refractivity contribution < 1.29 is 9.90 Å². The van der Waals surface area contributed by atoms with E-state index in [9.17, 15) is 4.79 Å². The first-order valence-corrected chi connectivity index (χ1v) is 6.61. The van der Waals surface area contributed by atoms with E-state index in [1.807, 2.05) is 0 Å². The molecule has 1 N–H and O–H groups in total. The molecule has 0 saturated carbocycles. The predicted octanol–water partition coefficient (Wildman–Crippen LogP) is 2.75. The lowest BCUT2D eigenvalue weighted by molar-refractivity contribution is -0.137. The largest absolute Gasteiger partial charge is 0.481 e. The van der Waals surface area contributed by atoms with E-state index in [1.54, 1.807) is 0 Å². The number of carbonyl (C=O) groups is 1. The number of piperidine rings is 1. The third-order valence-electron chi connectivity index (χ3n) is 3.80. The summed E-state index contributed by atoms with van der Waals surface area (Å²) in [4.78, 5) is 13.0. The summed E-state index contributed by atoms with van der Waals surface area (Å²) in [5.74, 6) is 0.0715. The number of nitrogens with zero attached hydrogens (tertiary/aromatic N) is 1. The van der Waals surface area contributed by atoms with Crippen molar-refractivity contribution in [3.05, 3.63) is 0 Å². The van der Waals surface area contributed by atoms with E-state index in [1.165, 1.54) is 25.7 Å². The molecule has 2 unspecified atom stereocenters. The number of rotatable bonds is 6. The van der Waals surface area contributed by atoms with E-state index in [4.69, 9.17) is 5.11 Å². The Morgan fingerprint density at radius 3 is 2.88 bits per heavy atom. The molecule has 0 radical (unpaired) electrons. The van der Waals surface area contributed by atoms with Gasteiger partial charge in [-0.05, 0) is 38.3 Å². The second-order valence-electron chi connectivity index (χ2n) is 4.98. The average Bonchev–Trinajstić information content (AvgIpc) is 2.28. The summed E-state index contributed by atoms with van der Waals surface area (Å²) in [5.41, 5.74) is 0. The summed E-state index contributed by atoms with van der Waals surface area (Å²) >= 11 is 0. The second-order valence-corrected chi connectivity index (χ2v) is 4.98. The van der Waals surface area contributed by atoms with Gasteiger partial charge in [0.25, 0.3) is 0 Å². The molecule has 2 atom stereocenters. The molecule has 3 nitrogen and oxygen atoms in total. The maximum absolute atomic E-state index is 10.5. The van der Waals surface area contributed by atoms with Crippen molar-refractivity contribution in [1.82, 2.24) is 4.90 Å². The summed E-state index contributed by atoms with van der Waals surface area (Å²) in [7, 11) is 0. The number of carboxylic acid groups (broad SMARTS) is 1. The molecule has 1 aliphatic heterocycles. The monoisotopic (exact) mass is 227 g/mol. The fourth-order valence-corrected chi connectivity index (χ4v) is 2.64. The first-order chi connectivity index (χ1) is 7.65. The van der Waals surface area contributed by atoms with E-state index in [2.05, 4.69) is 18.7 Å². The van der Waals surface area contributed by atoms with E-state index in [0.717, 1.165) is 25.4 Å². The highest BCUT2D eigenvalue weighted by molar-refractivity contribution is 5.66. The third-order valence-corrected chi connectivity index (χ3v) is 3.80. The van der Waals surface area contributed by atoms with Gasteiger partial charge in [0.15, 0.2) is 0 Å². The van der Waals surface area contributed by atoms with Gasteiger partial charge in [-0.1, -0.05) is 26.7 Å². The standard InChI is InChI=1S/C13H25NO2/c1-3-11(2)12-7-4-5-9-14(12)10-6-8-13(15)16/h11-12H,3-10H2,1-2H3,(H,15,16). The van der Waals surface area contributed by atoms with Gasteiger partial charge in [0, 0.05) is 12.5 Å². The summed E-state index contributed by atoms with van der Waals surface area (Å²) in [5, 5.41) is 8.65. The lowest BCUT2D eigenvalue weighted by atomic mass is 9.89. The molecule has 0 amide bonds. The van der Waals surface area contributed by atoms with Crippen LogP contribution in [0.25, 0.3) is 0 Å². The van der Waals surface area contributed by atoms with Gasteiger partial charge in [0.1, 0.15) is 0 Å². The topological polar surface area (TPSA) is 40.5 Å². The van der Waals surface area contributed by atoms with Gasteiger partial charge in [-0.2, -0.15) is 0 Å². The SMILES string of the molecule is CCC(C)C1CCCCN1CCCC(=O)O. The van der Waals surface area contributed by atoms with Crippen LogP contribution in [0, 0.1) is 5.92 Å². The van der Waals surface area contributed by atoms with E-state index < -0.39 is 5.97 Å². The molecule has 94 valence electrons. The highest BCUT2D eigenvalue weighted by Gasteiger charge is 2.25. The van der Waals surface area contributed by atoms with Crippen LogP contribution in [0.2, 0.25) is 0 Å². The fraction of sp³-hybridized carbons (Fsp3) is 0.923. The number of hydrogen-bond acceptors (Lipinski definition) is 2.